The van der Waals surface area contributed by atoms with Crippen molar-refractivity contribution < 1.29 is 4.79 Å². The van der Waals surface area contributed by atoms with Gasteiger partial charge in [0.2, 0.25) is 5.91 Å². The zero-order valence-electron chi connectivity index (χ0n) is 10.1. The molecule has 96 valence electrons. The van der Waals surface area contributed by atoms with Crippen LogP contribution in [0, 0.1) is 0 Å². The number of rotatable bonds is 2. The van der Waals surface area contributed by atoms with Gasteiger partial charge in [-0.1, -0.05) is 15.9 Å². The third-order valence-electron chi connectivity index (χ3n) is 3.55. The molecule has 1 amide bonds. The van der Waals surface area contributed by atoms with Gasteiger partial charge in [-0.25, -0.2) is 0 Å². The SMILES string of the molecule is O=C1CNc2ccc(Br)cc2N1CC1CCCN1. The highest BCUT2D eigenvalue weighted by Crippen LogP contribution is 2.32. The largest absolute Gasteiger partial charge is 0.374 e. The lowest BCUT2D eigenvalue weighted by Gasteiger charge is -2.32. The minimum atomic E-state index is 0.147. The zero-order chi connectivity index (χ0) is 12.5. The minimum Gasteiger partial charge on any atom is -0.374 e. The topological polar surface area (TPSA) is 44.4 Å². The molecule has 18 heavy (non-hydrogen) atoms. The number of benzene rings is 1. The summed E-state index contributed by atoms with van der Waals surface area (Å²) in [6, 6.07) is 6.45. The van der Waals surface area contributed by atoms with Gasteiger partial charge in [-0.05, 0) is 37.6 Å². The Morgan fingerprint density at radius 3 is 3.11 bits per heavy atom. The van der Waals surface area contributed by atoms with Crippen molar-refractivity contribution in [2.75, 3.05) is 29.9 Å². The molecule has 3 rings (SSSR count). The molecule has 1 fully saturated rings. The molecule has 2 aliphatic rings. The molecule has 0 aliphatic carbocycles. The van der Waals surface area contributed by atoms with Crippen LogP contribution in [0.1, 0.15) is 12.8 Å². The molecule has 1 unspecified atom stereocenters. The van der Waals surface area contributed by atoms with Crippen molar-refractivity contribution in [3.05, 3.63) is 22.7 Å². The first-order chi connectivity index (χ1) is 8.74. The van der Waals surface area contributed by atoms with Gasteiger partial charge in [-0.2, -0.15) is 0 Å². The lowest BCUT2D eigenvalue weighted by atomic mass is 10.1. The van der Waals surface area contributed by atoms with Crippen LogP contribution in [-0.2, 0) is 4.79 Å². The van der Waals surface area contributed by atoms with Crippen molar-refractivity contribution in [2.45, 2.75) is 18.9 Å². The van der Waals surface area contributed by atoms with Crippen molar-refractivity contribution in [2.24, 2.45) is 0 Å². The smallest absolute Gasteiger partial charge is 0.246 e. The highest BCUT2D eigenvalue weighted by molar-refractivity contribution is 9.10. The lowest BCUT2D eigenvalue weighted by molar-refractivity contribution is -0.117. The van der Waals surface area contributed by atoms with Crippen molar-refractivity contribution in [3.63, 3.8) is 0 Å². The number of carbonyl (C=O) groups excluding carboxylic acids is 1. The molecular formula is C13H16BrN3O. The fourth-order valence-corrected chi connectivity index (χ4v) is 2.96. The van der Waals surface area contributed by atoms with E-state index in [4.69, 9.17) is 0 Å². The number of hydrogen-bond donors (Lipinski definition) is 2. The average Bonchev–Trinajstić information content (AvgIpc) is 2.86. The van der Waals surface area contributed by atoms with E-state index in [-0.39, 0.29) is 5.91 Å². The van der Waals surface area contributed by atoms with E-state index < -0.39 is 0 Å². The molecule has 1 aromatic carbocycles. The molecule has 1 saturated heterocycles. The van der Waals surface area contributed by atoms with E-state index in [1.54, 1.807) is 0 Å². The van der Waals surface area contributed by atoms with E-state index in [0.29, 0.717) is 12.6 Å². The van der Waals surface area contributed by atoms with E-state index in [2.05, 4.69) is 26.6 Å². The maximum atomic E-state index is 12.1. The van der Waals surface area contributed by atoms with Crippen LogP contribution in [-0.4, -0.2) is 31.6 Å². The Hall–Kier alpha value is -1.07. The first-order valence-electron chi connectivity index (χ1n) is 6.31. The average molecular weight is 310 g/mol. The van der Waals surface area contributed by atoms with Gasteiger partial charge < -0.3 is 15.5 Å². The van der Waals surface area contributed by atoms with Gasteiger partial charge in [0.1, 0.15) is 0 Å². The second-order valence-electron chi connectivity index (χ2n) is 4.81. The molecular weight excluding hydrogens is 294 g/mol. The van der Waals surface area contributed by atoms with Crippen LogP contribution < -0.4 is 15.5 Å². The summed E-state index contributed by atoms with van der Waals surface area (Å²) in [5, 5.41) is 6.61. The molecule has 0 spiro atoms. The summed E-state index contributed by atoms with van der Waals surface area (Å²) in [5.41, 5.74) is 2.02. The van der Waals surface area contributed by atoms with Gasteiger partial charge in [-0.3, -0.25) is 4.79 Å². The number of hydrogen-bond acceptors (Lipinski definition) is 3. The van der Waals surface area contributed by atoms with Gasteiger partial charge in [0.15, 0.2) is 0 Å². The van der Waals surface area contributed by atoms with Crippen molar-refractivity contribution in [1.29, 1.82) is 0 Å². The van der Waals surface area contributed by atoms with E-state index in [9.17, 15) is 4.79 Å². The van der Waals surface area contributed by atoms with Gasteiger partial charge in [0.25, 0.3) is 0 Å². The van der Waals surface area contributed by atoms with Crippen LogP contribution in [0.4, 0.5) is 11.4 Å². The number of carbonyl (C=O) groups is 1. The zero-order valence-corrected chi connectivity index (χ0v) is 11.7. The van der Waals surface area contributed by atoms with Crippen LogP contribution in [0.2, 0.25) is 0 Å². The Balaban J connectivity index is 1.88. The van der Waals surface area contributed by atoms with E-state index in [1.807, 2.05) is 23.1 Å². The lowest BCUT2D eigenvalue weighted by Crippen LogP contribution is -2.46. The number of halogens is 1. The predicted octanol–water partition coefficient (Wildman–Crippen LogP) is 1.96. The monoisotopic (exact) mass is 309 g/mol. The number of fused-ring (bicyclic) bond motifs is 1. The normalized spacial score (nSPS) is 22.8. The molecule has 4 nitrogen and oxygen atoms in total. The molecule has 2 heterocycles. The van der Waals surface area contributed by atoms with Gasteiger partial charge in [0, 0.05) is 17.1 Å². The summed E-state index contributed by atoms with van der Waals surface area (Å²) in [4.78, 5) is 14.0. The second-order valence-corrected chi connectivity index (χ2v) is 5.73. The second kappa shape index (κ2) is 4.90. The van der Waals surface area contributed by atoms with Crippen LogP contribution in [0.5, 0.6) is 0 Å². The summed E-state index contributed by atoms with van der Waals surface area (Å²) < 4.78 is 1.00. The summed E-state index contributed by atoms with van der Waals surface area (Å²) >= 11 is 3.47. The van der Waals surface area contributed by atoms with Crippen LogP contribution in [0.3, 0.4) is 0 Å². The molecule has 0 bridgehead atoms. The summed E-state index contributed by atoms with van der Waals surface area (Å²) in [7, 11) is 0. The number of anilines is 2. The Kier molecular flexibility index (Phi) is 3.26. The highest BCUT2D eigenvalue weighted by Gasteiger charge is 2.27. The Morgan fingerprint density at radius 2 is 2.33 bits per heavy atom. The van der Waals surface area contributed by atoms with Crippen LogP contribution in [0.15, 0.2) is 22.7 Å². The minimum absolute atomic E-state index is 0.147. The molecule has 0 aromatic heterocycles. The number of amides is 1. The standard InChI is InChI=1S/C13H16BrN3O/c14-9-3-4-11-12(6-9)17(13(18)7-16-11)8-10-2-1-5-15-10/h3-4,6,10,15-16H,1-2,5,7-8H2. The van der Waals surface area contributed by atoms with Crippen molar-refractivity contribution >= 4 is 33.2 Å². The number of nitrogens with one attached hydrogen (secondary N) is 2. The van der Waals surface area contributed by atoms with Gasteiger partial charge in [0.05, 0.1) is 17.9 Å². The maximum absolute atomic E-state index is 12.1. The Morgan fingerprint density at radius 1 is 1.44 bits per heavy atom. The molecule has 0 radical (unpaired) electrons. The summed E-state index contributed by atoms with van der Waals surface area (Å²) in [5.74, 6) is 0.147. The third-order valence-corrected chi connectivity index (χ3v) is 4.04. The molecule has 1 aromatic rings. The third kappa shape index (κ3) is 2.24. The van der Waals surface area contributed by atoms with Crippen molar-refractivity contribution in [1.82, 2.24) is 5.32 Å². The summed E-state index contributed by atoms with van der Waals surface area (Å²) in [6.45, 7) is 2.22. The molecule has 0 saturated carbocycles. The van der Waals surface area contributed by atoms with Gasteiger partial charge >= 0.3 is 0 Å². The quantitative estimate of drug-likeness (QED) is 0.878. The molecule has 1 atom stereocenters. The van der Waals surface area contributed by atoms with Gasteiger partial charge in [-0.15, -0.1) is 0 Å². The first kappa shape index (κ1) is 12.0. The van der Waals surface area contributed by atoms with Crippen LogP contribution >= 0.6 is 15.9 Å². The highest BCUT2D eigenvalue weighted by atomic mass is 79.9. The first-order valence-corrected chi connectivity index (χ1v) is 7.10. The summed E-state index contributed by atoms with van der Waals surface area (Å²) in [6.07, 6.45) is 2.36. The molecule has 5 heteroatoms. The van der Waals surface area contributed by atoms with E-state index in [0.717, 1.165) is 35.4 Å². The number of nitrogens with zero attached hydrogens (tertiary/aromatic N) is 1. The fraction of sp³-hybridized carbons (Fsp3) is 0.462. The maximum Gasteiger partial charge on any atom is 0.246 e. The van der Waals surface area contributed by atoms with Crippen molar-refractivity contribution in [3.8, 4) is 0 Å². The predicted molar refractivity (Wildman–Crippen MR) is 76.0 cm³/mol. The van der Waals surface area contributed by atoms with E-state index >= 15 is 0 Å². The molecule has 2 N–H and O–H groups in total. The van der Waals surface area contributed by atoms with Crippen LogP contribution in [0.25, 0.3) is 0 Å². The van der Waals surface area contributed by atoms with E-state index in [1.165, 1.54) is 6.42 Å². The molecule has 2 aliphatic heterocycles. The fourth-order valence-electron chi connectivity index (χ4n) is 2.61. The Labute approximate surface area is 115 Å². The Bertz CT molecular complexity index is 471.